The van der Waals surface area contributed by atoms with Crippen LogP contribution in [0.15, 0.2) is 0 Å². The first-order valence-electron chi connectivity index (χ1n) is 6.53. The molecular weight excluding hydrogens is 248 g/mol. The predicted octanol–water partition coefficient (Wildman–Crippen LogP) is 3.31. The van der Waals surface area contributed by atoms with Crippen LogP contribution in [0.5, 0.6) is 0 Å². The number of aromatic carboxylic acids is 1. The summed E-state index contributed by atoms with van der Waals surface area (Å²) in [5.74, 6) is -0.927. The molecule has 0 bridgehead atoms. The fraction of sp³-hybridized carbons (Fsp3) is 0.692. The van der Waals surface area contributed by atoms with Crippen LogP contribution in [0.1, 0.15) is 53.9 Å². The zero-order valence-corrected chi connectivity index (χ0v) is 11.8. The normalized spacial score (nSPS) is 17.4. The molecule has 0 spiro atoms. The molecule has 1 aromatic heterocycles. The third kappa shape index (κ3) is 2.83. The van der Waals surface area contributed by atoms with Gasteiger partial charge in [0, 0.05) is 18.0 Å². The average Bonchev–Trinajstić information content (AvgIpc) is 2.56. The Morgan fingerprint density at radius 3 is 2.44 bits per heavy atom. The number of hydrogen-bond acceptors (Lipinski definition) is 4. The topological polar surface area (TPSA) is 53.4 Å². The lowest BCUT2D eigenvalue weighted by Crippen LogP contribution is -2.31. The Labute approximate surface area is 112 Å². The van der Waals surface area contributed by atoms with Crippen molar-refractivity contribution in [1.29, 1.82) is 0 Å². The Bertz CT molecular complexity index is 423. The van der Waals surface area contributed by atoms with E-state index in [2.05, 4.69) is 9.88 Å². The van der Waals surface area contributed by atoms with Crippen molar-refractivity contribution in [2.24, 2.45) is 0 Å². The molecular formula is C13H20N2O2S. The van der Waals surface area contributed by atoms with Gasteiger partial charge in [0.25, 0.3) is 0 Å². The summed E-state index contributed by atoms with van der Waals surface area (Å²) in [7, 11) is 2.04. The van der Waals surface area contributed by atoms with E-state index < -0.39 is 5.97 Å². The van der Waals surface area contributed by atoms with Crippen LogP contribution >= 0.6 is 11.3 Å². The van der Waals surface area contributed by atoms with Crippen LogP contribution in [0.4, 0.5) is 5.13 Å². The van der Waals surface area contributed by atoms with Gasteiger partial charge in [-0.2, -0.15) is 0 Å². The molecule has 4 nitrogen and oxygen atoms in total. The average molecular weight is 268 g/mol. The van der Waals surface area contributed by atoms with Gasteiger partial charge in [-0.25, -0.2) is 9.78 Å². The van der Waals surface area contributed by atoms with Crippen molar-refractivity contribution in [3.05, 3.63) is 10.6 Å². The number of rotatable bonds is 3. The van der Waals surface area contributed by atoms with Gasteiger partial charge in [0.2, 0.25) is 0 Å². The maximum absolute atomic E-state index is 11.0. The van der Waals surface area contributed by atoms with Gasteiger partial charge in [-0.15, -0.1) is 11.3 Å². The number of nitrogens with zero attached hydrogens (tertiary/aromatic N) is 2. The lowest BCUT2D eigenvalue weighted by Gasteiger charge is -2.26. The maximum atomic E-state index is 11.0. The first-order chi connectivity index (χ1) is 8.59. The molecule has 1 aromatic rings. The second-order valence-corrected chi connectivity index (χ2v) is 6.14. The second-order valence-electron chi connectivity index (χ2n) is 4.96. The van der Waals surface area contributed by atoms with E-state index in [1.165, 1.54) is 49.9 Å². The van der Waals surface area contributed by atoms with Gasteiger partial charge in [0.1, 0.15) is 0 Å². The van der Waals surface area contributed by atoms with Gasteiger partial charge < -0.3 is 10.0 Å². The zero-order chi connectivity index (χ0) is 13.1. The Morgan fingerprint density at radius 2 is 1.94 bits per heavy atom. The molecule has 0 saturated heterocycles. The van der Waals surface area contributed by atoms with E-state index in [0.29, 0.717) is 6.04 Å². The van der Waals surface area contributed by atoms with Gasteiger partial charge in [0.05, 0.1) is 0 Å². The summed E-state index contributed by atoms with van der Waals surface area (Å²) in [5, 5.41) is 9.89. The van der Waals surface area contributed by atoms with Crippen molar-refractivity contribution in [2.75, 3.05) is 11.9 Å². The number of aromatic nitrogens is 1. The fourth-order valence-corrected chi connectivity index (χ4v) is 3.47. The number of carboxylic acids is 1. The van der Waals surface area contributed by atoms with Gasteiger partial charge in [-0.1, -0.05) is 25.7 Å². The van der Waals surface area contributed by atoms with E-state index in [1.807, 2.05) is 14.0 Å². The smallest absolute Gasteiger partial charge is 0.355 e. The van der Waals surface area contributed by atoms with E-state index in [9.17, 15) is 4.79 Å². The number of carbonyl (C=O) groups is 1. The SMILES string of the molecule is Cc1sc(N(C)C2CCCCCC2)nc1C(=O)O. The summed E-state index contributed by atoms with van der Waals surface area (Å²) in [6.45, 7) is 1.82. The molecule has 0 aromatic carbocycles. The quantitative estimate of drug-likeness (QED) is 0.854. The van der Waals surface area contributed by atoms with Crippen molar-refractivity contribution in [2.45, 2.75) is 51.5 Å². The third-order valence-corrected chi connectivity index (χ3v) is 4.72. The zero-order valence-electron chi connectivity index (χ0n) is 11.0. The number of anilines is 1. The molecule has 1 heterocycles. The summed E-state index contributed by atoms with van der Waals surface area (Å²) in [6.07, 6.45) is 7.56. The van der Waals surface area contributed by atoms with E-state index in [1.54, 1.807) is 0 Å². The van der Waals surface area contributed by atoms with Crippen LogP contribution in [0.2, 0.25) is 0 Å². The first-order valence-corrected chi connectivity index (χ1v) is 7.35. The first kappa shape index (κ1) is 13.3. The number of aryl methyl sites for hydroxylation is 1. The van der Waals surface area contributed by atoms with Gasteiger partial charge in [0.15, 0.2) is 10.8 Å². The summed E-state index contributed by atoms with van der Waals surface area (Å²) in [4.78, 5) is 18.2. The van der Waals surface area contributed by atoms with Crippen molar-refractivity contribution in [1.82, 2.24) is 4.98 Å². The highest BCUT2D eigenvalue weighted by Gasteiger charge is 2.22. The Hall–Kier alpha value is -1.10. The molecule has 5 heteroatoms. The molecule has 0 atom stereocenters. The minimum Gasteiger partial charge on any atom is -0.476 e. The highest BCUT2D eigenvalue weighted by Crippen LogP contribution is 2.30. The standard InChI is InChI=1S/C13H20N2O2S/c1-9-11(12(16)17)14-13(18-9)15(2)10-7-5-3-4-6-8-10/h10H,3-8H2,1-2H3,(H,16,17). The van der Waals surface area contributed by atoms with Gasteiger partial charge in [-0.05, 0) is 19.8 Å². The van der Waals surface area contributed by atoms with Crippen LogP contribution in [-0.2, 0) is 0 Å². The van der Waals surface area contributed by atoms with Crippen LogP contribution in [0.25, 0.3) is 0 Å². The van der Waals surface area contributed by atoms with Crippen LogP contribution in [0.3, 0.4) is 0 Å². The molecule has 0 aliphatic heterocycles. The van der Waals surface area contributed by atoms with Crippen molar-refractivity contribution in [3.8, 4) is 0 Å². The largest absolute Gasteiger partial charge is 0.476 e. The summed E-state index contributed by atoms with van der Waals surface area (Å²) in [5.41, 5.74) is 0.204. The van der Waals surface area contributed by atoms with Crippen molar-refractivity contribution < 1.29 is 9.90 Å². The molecule has 0 radical (unpaired) electrons. The highest BCUT2D eigenvalue weighted by atomic mass is 32.1. The van der Waals surface area contributed by atoms with E-state index in [0.717, 1.165) is 10.0 Å². The van der Waals surface area contributed by atoms with Crippen LogP contribution in [0, 0.1) is 6.92 Å². The fourth-order valence-electron chi connectivity index (χ4n) is 2.53. The van der Waals surface area contributed by atoms with Gasteiger partial charge in [-0.3, -0.25) is 0 Å². The number of thiazole rings is 1. The Morgan fingerprint density at radius 1 is 1.33 bits per heavy atom. The van der Waals surface area contributed by atoms with E-state index in [4.69, 9.17) is 5.11 Å². The maximum Gasteiger partial charge on any atom is 0.355 e. The van der Waals surface area contributed by atoms with E-state index in [-0.39, 0.29) is 5.69 Å². The molecule has 1 N–H and O–H groups in total. The molecule has 1 aliphatic carbocycles. The molecule has 18 heavy (non-hydrogen) atoms. The molecule has 100 valence electrons. The predicted molar refractivity (Wildman–Crippen MR) is 73.7 cm³/mol. The minimum absolute atomic E-state index is 0.204. The monoisotopic (exact) mass is 268 g/mol. The molecule has 1 aliphatic rings. The molecule has 1 fully saturated rings. The molecule has 1 saturated carbocycles. The highest BCUT2D eigenvalue weighted by molar-refractivity contribution is 7.15. The second kappa shape index (κ2) is 5.69. The summed E-state index contributed by atoms with van der Waals surface area (Å²) in [6, 6.07) is 0.514. The van der Waals surface area contributed by atoms with Crippen LogP contribution < -0.4 is 4.90 Å². The minimum atomic E-state index is -0.927. The number of carboxylic acid groups (broad SMARTS) is 1. The lowest BCUT2D eigenvalue weighted by atomic mass is 10.1. The third-order valence-electron chi connectivity index (χ3n) is 3.66. The molecule has 0 amide bonds. The summed E-state index contributed by atoms with van der Waals surface area (Å²) < 4.78 is 0. The lowest BCUT2D eigenvalue weighted by molar-refractivity contribution is 0.0690. The van der Waals surface area contributed by atoms with Crippen molar-refractivity contribution >= 4 is 22.4 Å². The van der Waals surface area contributed by atoms with E-state index >= 15 is 0 Å². The Kier molecular flexibility index (Phi) is 4.22. The summed E-state index contributed by atoms with van der Waals surface area (Å²) >= 11 is 1.49. The van der Waals surface area contributed by atoms with Crippen molar-refractivity contribution in [3.63, 3.8) is 0 Å². The molecule has 2 rings (SSSR count). The number of hydrogen-bond donors (Lipinski definition) is 1. The Balaban J connectivity index is 2.14. The molecule has 0 unspecified atom stereocenters. The van der Waals surface area contributed by atoms with Crippen LogP contribution in [-0.4, -0.2) is 29.1 Å². The van der Waals surface area contributed by atoms with Gasteiger partial charge >= 0.3 is 5.97 Å².